The molecule has 0 radical (unpaired) electrons. The minimum atomic E-state index is -0.564. The van der Waals surface area contributed by atoms with Gasteiger partial charge in [-0.1, -0.05) is 12.1 Å². The smallest absolute Gasteiger partial charge is 0.308 e. The zero-order valence-electron chi connectivity index (χ0n) is 14.4. The molecule has 0 saturated carbocycles. The first kappa shape index (κ1) is 17.8. The second-order valence-corrected chi connectivity index (χ2v) is 6.79. The van der Waals surface area contributed by atoms with Crippen molar-refractivity contribution in [2.24, 2.45) is 0 Å². The van der Waals surface area contributed by atoms with Crippen LogP contribution in [0.15, 0.2) is 36.5 Å². The van der Waals surface area contributed by atoms with Gasteiger partial charge in [-0.15, -0.1) is 11.3 Å². The molecule has 3 aromatic rings. The lowest BCUT2D eigenvalue weighted by atomic mass is 10.3. The number of likely N-dealkylation sites (N-methyl/N-ethyl adjacent to an activating group) is 1. The van der Waals surface area contributed by atoms with Crippen molar-refractivity contribution >= 4 is 39.3 Å². The van der Waals surface area contributed by atoms with Gasteiger partial charge in [0.2, 0.25) is 0 Å². The Morgan fingerprint density at radius 1 is 1.19 bits per heavy atom. The lowest BCUT2D eigenvalue weighted by molar-refractivity contribution is 0.0937. The number of aromatic nitrogens is 3. The van der Waals surface area contributed by atoms with Gasteiger partial charge in [-0.2, -0.15) is 5.10 Å². The number of amides is 3. The van der Waals surface area contributed by atoms with Gasteiger partial charge >= 0.3 is 6.03 Å². The highest BCUT2D eigenvalue weighted by Crippen LogP contribution is 2.21. The number of carbonyl (C=O) groups excluding carboxylic acids is 2. The molecule has 2 aromatic heterocycles. The highest BCUT2D eigenvalue weighted by atomic mass is 32.1. The predicted molar refractivity (Wildman–Crippen MR) is 100 cm³/mol. The molecule has 0 aliphatic carbocycles. The second kappa shape index (κ2) is 7.93. The first-order valence-electron chi connectivity index (χ1n) is 7.92. The SMILES string of the molecule is CN(C)CCn1nccc1NC(=O)NNC(=O)c1nc2ccccc2s1. The van der Waals surface area contributed by atoms with E-state index < -0.39 is 11.9 Å². The van der Waals surface area contributed by atoms with Gasteiger partial charge in [-0.3, -0.25) is 15.5 Å². The number of benzene rings is 1. The Hall–Kier alpha value is -2.98. The van der Waals surface area contributed by atoms with Gasteiger partial charge in [-0.25, -0.2) is 19.9 Å². The fraction of sp³-hybridized carbons (Fsp3) is 0.250. The van der Waals surface area contributed by atoms with Crippen molar-refractivity contribution in [1.82, 2.24) is 30.5 Å². The number of hydrogen-bond acceptors (Lipinski definition) is 6. The molecule has 0 aliphatic rings. The number of carbonyl (C=O) groups is 2. The van der Waals surface area contributed by atoms with Crippen LogP contribution >= 0.6 is 11.3 Å². The number of rotatable bonds is 5. The summed E-state index contributed by atoms with van der Waals surface area (Å²) in [7, 11) is 3.92. The summed E-state index contributed by atoms with van der Waals surface area (Å²) in [4.78, 5) is 30.4. The van der Waals surface area contributed by atoms with Gasteiger partial charge in [0.05, 0.1) is 23.0 Å². The molecular weight excluding hydrogens is 354 g/mol. The van der Waals surface area contributed by atoms with Crippen molar-refractivity contribution in [3.05, 3.63) is 41.5 Å². The summed E-state index contributed by atoms with van der Waals surface area (Å²) in [6.45, 7) is 1.42. The molecule has 0 spiro atoms. The number of nitrogens with one attached hydrogen (secondary N) is 3. The molecule has 10 heteroatoms. The minimum Gasteiger partial charge on any atom is -0.308 e. The Morgan fingerprint density at radius 3 is 2.77 bits per heavy atom. The monoisotopic (exact) mass is 373 g/mol. The van der Waals surface area contributed by atoms with Crippen LogP contribution in [-0.2, 0) is 6.54 Å². The average Bonchev–Trinajstić information content (AvgIpc) is 3.24. The third-order valence-electron chi connectivity index (χ3n) is 3.49. The van der Waals surface area contributed by atoms with Gasteiger partial charge in [0.25, 0.3) is 5.91 Å². The highest BCUT2D eigenvalue weighted by Gasteiger charge is 2.13. The molecule has 0 aliphatic heterocycles. The molecule has 3 N–H and O–H groups in total. The number of para-hydroxylation sites is 1. The van der Waals surface area contributed by atoms with Gasteiger partial charge in [0.15, 0.2) is 5.01 Å². The number of urea groups is 1. The Labute approximate surface area is 154 Å². The zero-order chi connectivity index (χ0) is 18.5. The maximum absolute atomic E-state index is 12.1. The van der Waals surface area contributed by atoms with Crippen LogP contribution in [0.5, 0.6) is 0 Å². The van der Waals surface area contributed by atoms with Crippen LogP contribution in [0.1, 0.15) is 9.80 Å². The summed E-state index contributed by atoms with van der Waals surface area (Å²) in [6.07, 6.45) is 1.60. The van der Waals surface area contributed by atoms with Crippen molar-refractivity contribution in [1.29, 1.82) is 0 Å². The standard InChI is InChI=1S/C16H19N7O2S/c1-22(2)9-10-23-13(7-8-17-23)19-16(25)21-20-14(24)15-18-11-5-3-4-6-12(11)26-15/h3-8H,9-10H2,1-2H3,(H,20,24)(H2,19,21,25). The summed E-state index contributed by atoms with van der Waals surface area (Å²) in [6, 6.07) is 8.58. The molecule has 0 unspecified atom stereocenters. The second-order valence-electron chi connectivity index (χ2n) is 5.76. The third kappa shape index (κ3) is 4.35. The topological polar surface area (TPSA) is 104 Å². The summed E-state index contributed by atoms with van der Waals surface area (Å²) >= 11 is 1.26. The zero-order valence-corrected chi connectivity index (χ0v) is 15.2. The van der Waals surface area contributed by atoms with Crippen molar-refractivity contribution in [3.8, 4) is 0 Å². The molecule has 0 saturated heterocycles. The van der Waals surface area contributed by atoms with E-state index in [0.29, 0.717) is 12.4 Å². The number of fused-ring (bicyclic) bond motifs is 1. The van der Waals surface area contributed by atoms with Gasteiger partial charge in [0, 0.05) is 12.6 Å². The number of thiazole rings is 1. The summed E-state index contributed by atoms with van der Waals surface area (Å²) < 4.78 is 2.58. The molecule has 2 heterocycles. The van der Waals surface area contributed by atoms with Crippen LogP contribution in [0.25, 0.3) is 10.2 Å². The van der Waals surface area contributed by atoms with Crippen molar-refractivity contribution in [2.75, 3.05) is 26.0 Å². The predicted octanol–water partition coefficient (Wildman–Crippen LogP) is 1.52. The maximum atomic E-state index is 12.1. The fourth-order valence-corrected chi connectivity index (χ4v) is 3.06. The number of hydrazine groups is 1. The molecule has 3 rings (SSSR count). The lowest BCUT2D eigenvalue weighted by Gasteiger charge is -2.13. The fourth-order valence-electron chi connectivity index (χ4n) is 2.20. The molecule has 3 amide bonds. The molecule has 0 fully saturated rings. The van der Waals surface area contributed by atoms with E-state index in [-0.39, 0.29) is 5.01 Å². The lowest BCUT2D eigenvalue weighted by Crippen LogP contribution is -2.44. The first-order valence-corrected chi connectivity index (χ1v) is 8.74. The average molecular weight is 373 g/mol. The molecular formula is C16H19N7O2S. The largest absolute Gasteiger partial charge is 0.339 e. The quantitative estimate of drug-likeness (QED) is 0.588. The van der Waals surface area contributed by atoms with Gasteiger partial charge in [-0.05, 0) is 26.2 Å². The molecule has 136 valence electrons. The van der Waals surface area contributed by atoms with Crippen LogP contribution in [0.3, 0.4) is 0 Å². The van der Waals surface area contributed by atoms with Crippen LogP contribution in [0, 0.1) is 0 Å². The van der Waals surface area contributed by atoms with Crippen LogP contribution in [0.4, 0.5) is 10.6 Å². The van der Waals surface area contributed by atoms with E-state index >= 15 is 0 Å². The maximum Gasteiger partial charge on any atom is 0.339 e. The molecule has 1 aromatic carbocycles. The normalized spacial score (nSPS) is 10.9. The summed E-state index contributed by atoms with van der Waals surface area (Å²) in [5, 5.41) is 7.09. The van der Waals surface area contributed by atoms with E-state index in [1.807, 2.05) is 43.3 Å². The van der Waals surface area contributed by atoms with E-state index in [2.05, 4.69) is 26.3 Å². The first-order chi connectivity index (χ1) is 12.5. The van der Waals surface area contributed by atoms with E-state index in [0.717, 1.165) is 16.8 Å². The summed E-state index contributed by atoms with van der Waals surface area (Å²) in [5.41, 5.74) is 5.42. The molecule has 9 nitrogen and oxygen atoms in total. The molecule has 0 atom stereocenters. The van der Waals surface area contributed by atoms with Crippen LogP contribution in [-0.4, -0.2) is 52.2 Å². The van der Waals surface area contributed by atoms with Gasteiger partial charge in [0.1, 0.15) is 5.82 Å². The highest BCUT2D eigenvalue weighted by molar-refractivity contribution is 7.20. The Balaban J connectivity index is 1.54. The van der Waals surface area contributed by atoms with Gasteiger partial charge < -0.3 is 4.90 Å². The van der Waals surface area contributed by atoms with E-state index in [1.165, 1.54) is 11.3 Å². The number of hydrogen-bond donors (Lipinski definition) is 3. The van der Waals surface area contributed by atoms with Crippen molar-refractivity contribution in [2.45, 2.75) is 6.54 Å². The third-order valence-corrected chi connectivity index (χ3v) is 4.53. The Morgan fingerprint density at radius 2 is 2.00 bits per heavy atom. The van der Waals surface area contributed by atoms with E-state index in [9.17, 15) is 9.59 Å². The van der Waals surface area contributed by atoms with Crippen molar-refractivity contribution < 1.29 is 9.59 Å². The Bertz CT molecular complexity index is 885. The van der Waals surface area contributed by atoms with E-state index in [1.54, 1.807) is 16.9 Å². The van der Waals surface area contributed by atoms with E-state index in [4.69, 9.17) is 0 Å². The molecule has 0 bridgehead atoms. The number of anilines is 1. The number of nitrogens with zero attached hydrogens (tertiary/aromatic N) is 4. The van der Waals surface area contributed by atoms with Crippen molar-refractivity contribution in [3.63, 3.8) is 0 Å². The molecule has 26 heavy (non-hydrogen) atoms. The summed E-state index contributed by atoms with van der Waals surface area (Å²) in [5.74, 6) is 0.0704. The van der Waals surface area contributed by atoms with Crippen LogP contribution in [0.2, 0.25) is 0 Å². The van der Waals surface area contributed by atoms with Crippen LogP contribution < -0.4 is 16.2 Å². The Kier molecular flexibility index (Phi) is 5.44. The minimum absolute atomic E-state index is 0.280.